The molecule has 1 aromatic heterocycles. The van der Waals surface area contributed by atoms with Crippen molar-refractivity contribution >= 4 is 11.9 Å². The van der Waals surface area contributed by atoms with Gasteiger partial charge in [0.15, 0.2) is 0 Å². The zero-order chi connectivity index (χ0) is 10.2. The molecule has 2 nitrogen and oxygen atoms in total. The van der Waals surface area contributed by atoms with Crippen molar-refractivity contribution in [1.82, 2.24) is 0 Å². The van der Waals surface area contributed by atoms with E-state index in [-0.39, 0.29) is 5.78 Å². The molecule has 0 aromatic carbocycles. The fraction of sp³-hybridized carbons (Fsp3) is 0.0833. The maximum atomic E-state index is 11.0. The lowest BCUT2D eigenvalue weighted by atomic mass is 10.3. The van der Waals surface area contributed by atoms with Crippen LogP contribution in [-0.4, -0.2) is 5.78 Å². The lowest BCUT2D eigenvalue weighted by Gasteiger charge is -1.79. The van der Waals surface area contributed by atoms with Gasteiger partial charge in [0.1, 0.15) is 5.76 Å². The summed E-state index contributed by atoms with van der Waals surface area (Å²) in [7, 11) is 0. The summed E-state index contributed by atoms with van der Waals surface area (Å²) in [5.74, 6) is 10.2. The summed E-state index contributed by atoms with van der Waals surface area (Å²) in [6.07, 6.45) is 4.46. The van der Waals surface area contributed by atoms with E-state index in [1.165, 1.54) is 6.08 Å². The predicted molar refractivity (Wildman–Crippen MR) is 54.0 cm³/mol. The average molecular weight is 184 g/mol. The second-order valence-electron chi connectivity index (χ2n) is 2.34. The molecular formula is C12H8O2. The molecule has 0 bridgehead atoms. The van der Waals surface area contributed by atoms with E-state index in [1.807, 2.05) is 0 Å². The number of ketones is 1. The first-order valence-electron chi connectivity index (χ1n) is 4.01. The minimum absolute atomic E-state index is 0.288. The highest BCUT2D eigenvalue weighted by Crippen LogP contribution is 2.01. The molecule has 2 heteroatoms. The van der Waals surface area contributed by atoms with Gasteiger partial charge in [-0.05, 0) is 49.0 Å². The number of hydrogen-bond donors (Lipinski definition) is 0. The molecule has 0 amide bonds. The van der Waals surface area contributed by atoms with E-state index in [2.05, 4.69) is 23.7 Å². The van der Waals surface area contributed by atoms with Crippen LogP contribution in [0.3, 0.4) is 0 Å². The first kappa shape index (κ1) is 9.89. The molecule has 1 heterocycles. The SMILES string of the molecule is CC#CC#CC(=O)/C=C/c1ccco1. The Morgan fingerprint density at radius 2 is 2.36 bits per heavy atom. The molecule has 0 aliphatic heterocycles. The quantitative estimate of drug-likeness (QED) is 0.399. The fourth-order valence-corrected chi connectivity index (χ4v) is 0.741. The predicted octanol–water partition coefficient (Wildman–Crippen LogP) is 1.89. The van der Waals surface area contributed by atoms with Gasteiger partial charge in [-0.25, -0.2) is 0 Å². The molecule has 0 saturated heterocycles. The molecule has 1 rings (SSSR count). The lowest BCUT2D eigenvalue weighted by Crippen LogP contribution is -1.84. The van der Waals surface area contributed by atoms with Gasteiger partial charge in [-0.15, -0.1) is 0 Å². The van der Waals surface area contributed by atoms with Crippen molar-refractivity contribution in [1.29, 1.82) is 0 Å². The molecule has 0 atom stereocenters. The zero-order valence-corrected chi connectivity index (χ0v) is 7.70. The molecule has 68 valence electrons. The monoisotopic (exact) mass is 184 g/mol. The molecule has 0 unspecified atom stereocenters. The summed E-state index contributed by atoms with van der Waals surface area (Å²) < 4.78 is 4.99. The van der Waals surface area contributed by atoms with Crippen LogP contribution >= 0.6 is 0 Å². The highest BCUT2D eigenvalue weighted by molar-refractivity contribution is 6.06. The highest BCUT2D eigenvalue weighted by Gasteiger charge is 1.90. The highest BCUT2D eigenvalue weighted by atomic mass is 16.3. The molecule has 0 aliphatic rings. The van der Waals surface area contributed by atoms with Gasteiger partial charge in [-0.3, -0.25) is 4.79 Å². The Hall–Kier alpha value is -2.19. The maximum Gasteiger partial charge on any atom is 0.229 e. The summed E-state index contributed by atoms with van der Waals surface area (Å²) in [4.78, 5) is 11.0. The Bertz CT molecular complexity index is 442. The summed E-state index contributed by atoms with van der Waals surface area (Å²) in [5, 5.41) is 0. The van der Waals surface area contributed by atoms with E-state index in [0.29, 0.717) is 5.76 Å². The number of carbonyl (C=O) groups is 1. The van der Waals surface area contributed by atoms with Crippen molar-refractivity contribution in [2.75, 3.05) is 0 Å². The van der Waals surface area contributed by atoms with Crippen molar-refractivity contribution in [3.8, 4) is 23.7 Å². The van der Waals surface area contributed by atoms with E-state index in [9.17, 15) is 4.79 Å². The van der Waals surface area contributed by atoms with Crippen LogP contribution in [0.2, 0.25) is 0 Å². The van der Waals surface area contributed by atoms with Crippen LogP contribution in [0.15, 0.2) is 28.9 Å². The second kappa shape index (κ2) is 5.45. The van der Waals surface area contributed by atoms with Gasteiger partial charge in [0.25, 0.3) is 0 Å². The van der Waals surface area contributed by atoms with Crippen LogP contribution < -0.4 is 0 Å². The zero-order valence-electron chi connectivity index (χ0n) is 7.70. The third-order valence-electron chi connectivity index (χ3n) is 1.32. The Morgan fingerprint density at radius 1 is 1.50 bits per heavy atom. The average Bonchev–Trinajstić information content (AvgIpc) is 2.68. The number of carbonyl (C=O) groups excluding carboxylic acids is 1. The molecule has 1 aromatic rings. The summed E-state index contributed by atoms with van der Waals surface area (Å²) in [6.45, 7) is 1.66. The Morgan fingerprint density at radius 3 is 3.00 bits per heavy atom. The van der Waals surface area contributed by atoms with E-state index < -0.39 is 0 Å². The van der Waals surface area contributed by atoms with Crippen LogP contribution in [0.5, 0.6) is 0 Å². The second-order valence-corrected chi connectivity index (χ2v) is 2.34. The van der Waals surface area contributed by atoms with Crippen molar-refractivity contribution in [2.45, 2.75) is 6.92 Å². The van der Waals surface area contributed by atoms with Crippen LogP contribution in [0.25, 0.3) is 6.08 Å². The fourth-order valence-electron chi connectivity index (χ4n) is 0.741. The molecule has 0 saturated carbocycles. The summed E-state index contributed by atoms with van der Waals surface area (Å²) in [6, 6.07) is 3.50. The first-order valence-corrected chi connectivity index (χ1v) is 4.01. The number of rotatable bonds is 2. The normalized spacial score (nSPS) is 8.64. The maximum absolute atomic E-state index is 11.0. The van der Waals surface area contributed by atoms with Gasteiger partial charge in [0.2, 0.25) is 5.78 Å². The van der Waals surface area contributed by atoms with E-state index in [0.717, 1.165) is 0 Å². The van der Waals surface area contributed by atoms with Gasteiger partial charge in [-0.2, -0.15) is 0 Å². The van der Waals surface area contributed by atoms with E-state index >= 15 is 0 Å². The minimum Gasteiger partial charge on any atom is -0.465 e. The molecule has 0 aliphatic carbocycles. The molecule has 14 heavy (non-hydrogen) atoms. The largest absolute Gasteiger partial charge is 0.465 e. The smallest absolute Gasteiger partial charge is 0.229 e. The van der Waals surface area contributed by atoms with Gasteiger partial charge >= 0.3 is 0 Å². The summed E-state index contributed by atoms with van der Waals surface area (Å²) in [5.41, 5.74) is 0. The van der Waals surface area contributed by atoms with Crippen LogP contribution in [0, 0.1) is 23.7 Å². The van der Waals surface area contributed by atoms with Crippen LogP contribution in [-0.2, 0) is 4.79 Å². The van der Waals surface area contributed by atoms with Crippen molar-refractivity contribution in [3.05, 3.63) is 30.2 Å². The van der Waals surface area contributed by atoms with Gasteiger partial charge in [0, 0.05) is 0 Å². The first-order chi connectivity index (χ1) is 6.83. The number of furan rings is 1. The van der Waals surface area contributed by atoms with Crippen LogP contribution in [0.4, 0.5) is 0 Å². The van der Waals surface area contributed by atoms with Gasteiger partial charge in [0.05, 0.1) is 6.26 Å². The van der Waals surface area contributed by atoms with Gasteiger partial charge < -0.3 is 4.42 Å². The number of allylic oxidation sites excluding steroid dienone is 1. The Kier molecular flexibility index (Phi) is 3.86. The molecule has 0 radical (unpaired) electrons. The summed E-state index contributed by atoms with van der Waals surface area (Å²) >= 11 is 0. The van der Waals surface area contributed by atoms with Crippen LogP contribution in [0.1, 0.15) is 12.7 Å². The van der Waals surface area contributed by atoms with E-state index in [1.54, 1.807) is 31.4 Å². The van der Waals surface area contributed by atoms with Gasteiger partial charge in [-0.1, -0.05) is 5.92 Å². The minimum atomic E-state index is -0.288. The third-order valence-corrected chi connectivity index (χ3v) is 1.32. The van der Waals surface area contributed by atoms with E-state index in [4.69, 9.17) is 4.42 Å². The number of hydrogen-bond acceptors (Lipinski definition) is 2. The molecule has 0 fully saturated rings. The Balaban J connectivity index is 2.57. The molecule has 0 spiro atoms. The third kappa shape index (κ3) is 3.47. The molecular weight excluding hydrogens is 176 g/mol. The van der Waals surface area contributed by atoms with Crippen molar-refractivity contribution < 1.29 is 9.21 Å². The molecule has 0 N–H and O–H groups in total. The lowest BCUT2D eigenvalue weighted by molar-refractivity contribution is -0.109. The Labute approximate surface area is 82.6 Å². The van der Waals surface area contributed by atoms with Crippen molar-refractivity contribution in [3.63, 3.8) is 0 Å². The van der Waals surface area contributed by atoms with Crippen molar-refractivity contribution in [2.24, 2.45) is 0 Å². The standard InChI is InChI=1S/C12H8O2/c1-2-3-4-6-11(13)8-9-12-7-5-10-14-12/h5,7-10H,1H3/b9-8+. The topological polar surface area (TPSA) is 30.2 Å².